The molecule has 1 rings (SSSR count). The number of hydrogen-bond acceptors (Lipinski definition) is 3. The Morgan fingerprint density at radius 3 is 2.75 bits per heavy atom. The van der Waals surface area contributed by atoms with E-state index in [1.807, 2.05) is 10.4 Å². The summed E-state index contributed by atoms with van der Waals surface area (Å²) in [4.78, 5) is 0. The second-order valence-corrected chi connectivity index (χ2v) is 2.32. The molecular weight excluding hydrogens is 120 g/mol. The Hall–Kier alpha value is -0.460. The lowest BCUT2D eigenvalue weighted by atomic mass is 10.1. The topological polar surface area (TPSA) is 27.0 Å². The van der Waals surface area contributed by atoms with E-state index in [0.717, 1.165) is 13.1 Å². The molecule has 0 spiro atoms. The van der Waals surface area contributed by atoms with Crippen LogP contribution in [0.1, 0.15) is 0 Å². The number of nitriles is 1. The molecule has 3 heteroatoms. The standard InChI is InChI=1S/C5H6N2S/c6-2-1-5-3-7(8)4-5/h1,8H,3-4H2. The highest BCUT2D eigenvalue weighted by atomic mass is 32.1. The highest BCUT2D eigenvalue weighted by Gasteiger charge is 2.14. The molecule has 0 radical (unpaired) electrons. The van der Waals surface area contributed by atoms with Crippen molar-refractivity contribution in [2.75, 3.05) is 13.1 Å². The lowest BCUT2D eigenvalue weighted by Crippen LogP contribution is -2.31. The summed E-state index contributed by atoms with van der Waals surface area (Å²) in [6, 6.07) is 1.97. The zero-order chi connectivity index (χ0) is 5.98. The molecule has 0 bridgehead atoms. The van der Waals surface area contributed by atoms with E-state index in [0.29, 0.717) is 0 Å². The largest absolute Gasteiger partial charge is 0.245 e. The lowest BCUT2D eigenvalue weighted by molar-refractivity contribution is 0.454. The average Bonchev–Trinajstić information content (AvgIpc) is 1.64. The third-order valence-electron chi connectivity index (χ3n) is 1.04. The number of thiol groups is 1. The Morgan fingerprint density at radius 1 is 1.75 bits per heavy atom. The maximum Gasteiger partial charge on any atom is 0.0912 e. The number of hydrogen-bond donors (Lipinski definition) is 1. The minimum absolute atomic E-state index is 0.844. The molecule has 1 aliphatic heterocycles. The van der Waals surface area contributed by atoms with Gasteiger partial charge >= 0.3 is 0 Å². The summed E-state index contributed by atoms with van der Waals surface area (Å²) in [5.74, 6) is 0. The van der Waals surface area contributed by atoms with Crippen LogP contribution in [0.5, 0.6) is 0 Å². The van der Waals surface area contributed by atoms with Crippen LogP contribution >= 0.6 is 12.8 Å². The van der Waals surface area contributed by atoms with Gasteiger partial charge in [-0.3, -0.25) is 0 Å². The highest BCUT2D eigenvalue weighted by Crippen LogP contribution is 2.14. The van der Waals surface area contributed by atoms with Gasteiger partial charge in [0, 0.05) is 19.2 Å². The van der Waals surface area contributed by atoms with E-state index >= 15 is 0 Å². The van der Waals surface area contributed by atoms with Gasteiger partial charge in [0.1, 0.15) is 0 Å². The quantitative estimate of drug-likeness (QED) is 0.380. The molecule has 0 aliphatic carbocycles. The third-order valence-corrected chi connectivity index (χ3v) is 1.32. The smallest absolute Gasteiger partial charge is 0.0912 e. The van der Waals surface area contributed by atoms with E-state index < -0.39 is 0 Å². The molecule has 1 aliphatic rings. The molecule has 0 N–H and O–H groups in total. The number of allylic oxidation sites excluding steroid dienone is 1. The van der Waals surface area contributed by atoms with Crippen molar-refractivity contribution in [1.29, 1.82) is 5.26 Å². The highest BCUT2D eigenvalue weighted by molar-refractivity contribution is 7.77. The van der Waals surface area contributed by atoms with Crippen LogP contribution in [0.15, 0.2) is 11.6 Å². The fourth-order valence-electron chi connectivity index (χ4n) is 0.605. The van der Waals surface area contributed by atoms with Crippen molar-refractivity contribution < 1.29 is 0 Å². The Kier molecular flexibility index (Phi) is 1.56. The van der Waals surface area contributed by atoms with Gasteiger partial charge in [0.05, 0.1) is 6.07 Å². The molecule has 1 heterocycles. The number of nitrogens with zero attached hydrogens (tertiary/aromatic N) is 2. The van der Waals surface area contributed by atoms with E-state index in [1.165, 1.54) is 5.57 Å². The van der Waals surface area contributed by atoms with Crippen molar-refractivity contribution in [3.05, 3.63) is 11.6 Å². The van der Waals surface area contributed by atoms with Crippen LogP contribution in [0.3, 0.4) is 0 Å². The van der Waals surface area contributed by atoms with Gasteiger partial charge in [-0.15, -0.1) is 0 Å². The average molecular weight is 126 g/mol. The van der Waals surface area contributed by atoms with Crippen LogP contribution in [0.25, 0.3) is 0 Å². The molecule has 0 unspecified atom stereocenters. The first-order chi connectivity index (χ1) is 3.83. The molecule has 0 aromatic heterocycles. The van der Waals surface area contributed by atoms with Crippen LogP contribution in [0.2, 0.25) is 0 Å². The Balaban J connectivity index is 2.37. The Bertz CT molecular complexity index is 148. The summed E-state index contributed by atoms with van der Waals surface area (Å²) in [5.41, 5.74) is 1.17. The van der Waals surface area contributed by atoms with Gasteiger partial charge in [0.2, 0.25) is 0 Å². The van der Waals surface area contributed by atoms with Gasteiger partial charge in [-0.25, -0.2) is 4.31 Å². The molecule has 0 aromatic rings. The first-order valence-corrected chi connectivity index (χ1v) is 2.74. The first kappa shape index (κ1) is 5.67. The van der Waals surface area contributed by atoms with Crippen molar-refractivity contribution in [3.63, 3.8) is 0 Å². The second kappa shape index (κ2) is 2.21. The summed E-state index contributed by atoms with van der Waals surface area (Å²) in [7, 11) is 0. The monoisotopic (exact) mass is 126 g/mol. The Labute approximate surface area is 53.9 Å². The molecule has 42 valence electrons. The van der Waals surface area contributed by atoms with E-state index in [1.54, 1.807) is 6.08 Å². The minimum Gasteiger partial charge on any atom is -0.245 e. The van der Waals surface area contributed by atoms with Crippen LogP contribution < -0.4 is 0 Å². The van der Waals surface area contributed by atoms with Gasteiger partial charge in [0.25, 0.3) is 0 Å². The molecule has 0 atom stereocenters. The predicted octanol–water partition coefficient (Wildman–Crippen LogP) is 0.597. The zero-order valence-corrected chi connectivity index (χ0v) is 5.23. The maximum absolute atomic E-state index is 8.12. The third kappa shape index (κ3) is 1.03. The van der Waals surface area contributed by atoms with Crippen LogP contribution in [-0.4, -0.2) is 17.4 Å². The molecule has 2 nitrogen and oxygen atoms in total. The van der Waals surface area contributed by atoms with Crippen molar-refractivity contribution in [1.82, 2.24) is 4.31 Å². The van der Waals surface area contributed by atoms with Crippen molar-refractivity contribution >= 4 is 12.8 Å². The van der Waals surface area contributed by atoms with E-state index in [2.05, 4.69) is 12.8 Å². The van der Waals surface area contributed by atoms with Gasteiger partial charge in [-0.05, 0) is 5.57 Å². The van der Waals surface area contributed by atoms with Gasteiger partial charge in [-0.1, -0.05) is 12.8 Å². The zero-order valence-electron chi connectivity index (χ0n) is 4.33. The van der Waals surface area contributed by atoms with E-state index in [4.69, 9.17) is 5.26 Å². The number of rotatable bonds is 0. The predicted molar refractivity (Wildman–Crippen MR) is 34.3 cm³/mol. The molecule has 1 saturated heterocycles. The summed E-state index contributed by atoms with van der Waals surface area (Å²) < 4.78 is 1.85. The molecule has 0 saturated carbocycles. The van der Waals surface area contributed by atoms with Crippen molar-refractivity contribution in [2.45, 2.75) is 0 Å². The Morgan fingerprint density at radius 2 is 2.38 bits per heavy atom. The minimum atomic E-state index is 0.844. The fourth-order valence-corrected chi connectivity index (χ4v) is 0.968. The van der Waals surface area contributed by atoms with Gasteiger partial charge in [0.15, 0.2) is 0 Å². The summed E-state index contributed by atoms with van der Waals surface area (Å²) in [6.45, 7) is 1.69. The van der Waals surface area contributed by atoms with E-state index in [9.17, 15) is 0 Å². The van der Waals surface area contributed by atoms with E-state index in [-0.39, 0.29) is 0 Å². The molecule has 0 amide bonds. The summed E-state index contributed by atoms with van der Waals surface area (Å²) in [6.07, 6.45) is 1.58. The van der Waals surface area contributed by atoms with Crippen molar-refractivity contribution in [3.8, 4) is 6.07 Å². The molecule has 1 fully saturated rings. The normalized spacial score (nSPS) is 19.2. The lowest BCUT2D eigenvalue weighted by Gasteiger charge is -2.27. The van der Waals surface area contributed by atoms with Crippen LogP contribution in [-0.2, 0) is 0 Å². The van der Waals surface area contributed by atoms with Gasteiger partial charge < -0.3 is 0 Å². The van der Waals surface area contributed by atoms with Crippen LogP contribution in [0, 0.1) is 11.3 Å². The molecule has 0 aromatic carbocycles. The van der Waals surface area contributed by atoms with Gasteiger partial charge in [-0.2, -0.15) is 5.26 Å². The maximum atomic E-state index is 8.12. The molecule has 8 heavy (non-hydrogen) atoms. The molecular formula is C5H6N2S. The first-order valence-electron chi connectivity index (χ1n) is 2.34. The summed E-state index contributed by atoms with van der Waals surface area (Å²) in [5, 5.41) is 8.12. The van der Waals surface area contributed by atoms with Crippen molar-refractivity contribution in [2.24, 2.45) is 0 Å². The fraction of sp³-hybridized carbons (Fsp3) is 0.400. The van der Waals surface area contributed by atoms with Crippen LogP contribution in [0.4, 0.5) is 0 Å². The second-order valence-electron chi connectivity index (χ2n) is 1.75. The SMILES string of the molecule is N#CC=C1CN(S)C1. The summed E-state index contributed by atoms with van der Waals surface area (Å²) >= 11 is 4.02.